The predicted molar refractivity (Wildman–Crippen MR) is 130 cm³/mol. The highest BCUT2D eigenvalue weighted by molar-refractivity contribution is 6.31. The second kappa shape index (κ2) is 12.7. The Balaban J connectivity index is 1.90. The summed E-state index contributed by atoms with van der Waals surface area (Å²) in [5, 5.41) is 15.6. The van der Waals surface area contributed by atoms with Crippen LogP contribution in [0.5, 0.6) is 0 Å². The molecule has 1 atom stereocenters. The van der Waals surface area contributed by atoms with Crippen molar-refractivity contribution in [2.24, 2.45) is 0 Å². The summed E-state index contributed by atoms with van der Waals surface area (Å²) >= 11 is 6.11. The maximum atomic E-state index is 10.5. The highest BCUT2D eigenvalue weighted by Gasteiger charge is 2.17. The first-order valence-electron chi connectivity index (χ1n) is 11.0. The number of ether oxygens (including phenoxy) is 2. The zero-order valence-corrected chi connectivity index (χ0v) is 20.5. The van der Waals surface area contributed by atoms with E-state index in [1.165, 1.54) is 0 Å². The van der Waals surface area contributed by atoms with Crippen LogP contribution < -0.4 is 0 Å². The van der Waals surface area contributed by atoms with Crippen molar-refractivity contribution in [1.82, 2.24) is 14.7 Å². The average Bonchev–Trinajstić information content (AvgIpc) is 3.00. The maximum absolute atomic E-state index is 10.5. The molecule has 0 radical (unpaired) electrons. The van der Waals surface area contributed by atoms with Gasteiger partial charge in [0.05, 0.1) is 30.4 Å². The number of aliphatic hydroxyl groups excluding tert-OH is 1. The lowest BCUT2D eigenvalue weighted by Crippen LogP contribution is -2.32. The molecule has 7 heteroatoms. The number of rotatable bonds is 13. The minimum Gasteiger partial charge on any atom is -0.498 e. The van der Waals surface area contributed by atoms with Crippen LogP contribution in [0.25, 0.3) is 0 Å². The molecule has 0 aromatic carbocycles. The van der Waals surface area contributed by atoms with Gasteiger partial charge < -0.3 is 14.6 Å². The summed E-state index contributed by atoms with van der Waals surface area (Å²) in [6.45, 7) is 16.2. The zero-order valence-electron chi connectivity index (χ0n) is 19.7. The van der Waals surface area contributed by atoms with Gasteiger partial charge in [0.25, 0.3) is 0 Å². The number of hydrogen-bond donors (Lipinski definition) is 1. The molecule has 0 spiro atoms. The smallest absolute Gasteiger partial charge is 0.115 e. The molecule has 1 aromatic rings. The number of aryl methyl sites for hydroxylation is 1. The monoisotopic (exact) mass is 461 g/mol. The fourth-order valence-electron chi connectivity index (χ4n) is 3.62. The van der Waals surface area contributed by atoms with Gasteiger partial charge in [0.2, 0.25) is 0 Å². The van der Waals surface area contributed by atoms with Gasteiger partial charge in [-0.25, -0.2) is 0 Å². The van der Waals surface area contributed by atoms with Crippen molar-refractivity contribution in [3.05, 3.63) is 76.5 Å². The average molecular weight is 462 g/mol. The highest BCUT2D eigenvalue weighted by Crippen LogP contribution is 2.21. The van der Waals surface area contributed by atoms with Crippen LogP contribution in [0.2, 0.25) is 0 Å². The molecule has 1 heterocycles. The number of aliphatic hydroxyl groups is 1. The molecule has 0 saturated carbocycles. The first-order chi connectivity index (χ1) is 15.2. The van der Waals surface area contributed by atoms with Crippen molar-refractivity contribution in [2.45, 2.75) is 52.8 Å². The number of likely N-dealkylation sites (N-methyl/N-ethyl adjacent to an activating group) is 1. The van der Waals surface area contributed by atoms with E-state index in [0.717, 1.165) is 46.9 Å². The molecule has 2 rings (SSSR count). The third-order valence-corrected chi connectivity index (χ3v) is 5.58. The van der Waals surface area contributed by atoms with Crippen LogP contribution in [0.15, 0.2) is 59.6 Å². The van der Waals surface area contributed by atoms with Crippen LogP contribution >= 0.6 is 11.6 Å². The Labute approximate surface area is 197 Å². The summed E-state index contributed by atoms with van der Waals surface area (Å²) in [7, 11) is 1.99. The normalized spacial score (nSPS) is 15.3. The molecular weight excluding hydrogens is 426 g/mol. The Bertz CT molecular complexity index is 898. The molecule has 6 nitrogen and oxygen atoms in total. The van der Waals surface area contributed by atoms with Crippen molar-refractivity contribution in [1.29, 1.82) is 0 Å². The Kier molecular flexibility index (Phi) is 10.3. The Hall–Kier alpha value is -2.28. The molecule has 1 aliphatic carbocycles. The van der Waals surface area contributed by atoms with Crippen LogP contribution in [0.3, 0.4) is 0 Å². The predicted octanol–water partition coefficient (Wildman–Crippen LogP) is 4.77. The molecule has 1 aliphatic rings. The molecule has 0 amide bonds. The van der Waals surface area contributed by atoms with Crippen molar-refractivity contribution >= 4 is 11.6 Å². The van der Waals surface area contributed by atoms with Gasteiger partial charge in [-0.3, -0.25) is 9.58 Å². The number of aromatic nitrogens is 2. The summed E-state index contributed by atoms with van der Waals surface area (Å²) in [6, 6.07) is 0. The standard InChI is InChI=1S/C25H36ClN3O3/c1-7-9-21(18(3)26)14-29-20(5)25(19(4)27-29)16-28(6)15-22(30)17-32-24-12-10-23(11-13-24)31-8-2/h7,9-10,12,22,30H,1,3,8,11,13-17H2,2,4-6H3/b21-9-. The first kappa shape index (κ1) is 26.0. The van der Waals surface area contributed by atoms with Gasteiger partial charge in [0.1, 0.15) is 12.7 Å². The summed E-state index contributed by atoms with van der Waals surface area (Å²) in [4.78, 5) is 2.08. The second-order valence-electron chi connectivity index (χ2n) is 8.00. The van der Waals surface area contributed by atoms with Crippen LogP contribution in [-0.4, -0.2) is 52.7 Å². The van der Waals surface area contributed by atoms with Crippen LogP contribution in [0.1, 0.15) is 36.7 Å². The molecule has 32 heavy (non-hydrogen) atoms. The Morgan fingerprint density at radius 3 is 2.53 bits per heavy atom. The van der Waals surface area contributed by atoms with Gasteiger partial charge in [-0.15, -0.1) is 0 Å². The van der Waals surface area contributed by atoms with Crippen molar-refractivity contribution in [3.63, 3.8) is 0 Å². The molecule has 0 bridgehead atoms. The van der Waals surface area contributed by atoms with E-state index in [-0.39, 0.29) is 6.61 Å². The van der Waals surface area contributed by atoms with Crippen LogP contribution in [0, 0.1) is 13.8 Å². The Morgan fingerprint density at radius 2 is 1.97 bits per heavy atom. The van der Waals surface area contributed by atoms with E-state index in [9.17, 15) is 5.11 Å². The van der Waals surface area contributed by atoms with Gasteiger partial charge in [-0.1, -0.05) is 36.9 Å². The molecule has 176 valence electrons. The summed E-state index contributed by atoms with van der Waals surface area (Å²) in [5.41, 5.74) is 4.04. The van der Waals surface area contributed by atoms with Gasteiger partial charge in [0.15, 0.2) is 0 Å². The Morgan fingerprint density at radius 1 is 1.31 bits per heavy atom. The second-order valence-corrected chi connectivity index (χ2v) is 8.46. The third kappa shape index (κ3) is 7.69. The van der Waals surface area contributed by atoms with E-state index in [0.29, 0.717) is 31.3 Å². The molecule has 1 aromatic heterocycles. The number of halogens is 1. The van der Waals surface area contributed by atoms with Gasteiger partial charge >= 0.3 is 0 Å². The first-order valence-corrected chi connectivity index (χ1v) is 11.3. The van der Waals surface area contributed by atoms with E-state index >= 15 is 0 Å². The number of hydrogen-bond acceptors (Lipinski definition) is 5. The molecule has 0 fully saturated rings. The SMILES string of the molecule is C=C/C=C(/Cn1nc(C)c(CN(C)CC(O)COC2=CC=C(OCC)CC2)c1C)C(=C)Cl. The lowest BCUT2D eigenvalue weighted by atomic mass is 10.1. The lowest BCUT2D eigenvalue weighted by molar-refractivity contribution is 0.0439. The van der Waals surface area contributed by atoms with Gasteiger partial charge in [-0.2, -0.15) is 5.10 Å². The minimum absolute atomic E-state index is 0.263. The van der Waals surface area contributed by atoms with Crippen molar-refractivity contribution in [3.8, 4) is 0 Å². The van der Waals surface area contributed by atoms with Crippen LogP contribution in [-0.2, 0) is 22.6 Å². The zero-order chi connectivity index (χ0) is 23.7. The third-order valence-electron chi connectivity index (χ3n) is 5.33. The largest absolute Gasteiger partial charge is 0.498 e. The van der Waals surface area contributed by atoms with E-state index in [1.54, 1.807) is 6.08 Å². The number of allylic oxidation sites excluding steroid dienone is 8. The fourth-order valence-corrected chi connectivity index (χ4v) is 3.75. The molecule has 1 N–H and O–H groups in total. The van der Waals surface area contributed by atoms with Gasteiger partial charge in [-0.05, 0) is 45.5 Å². The molecular formula is C25H36ClN3O3. The lowest BCUT2D eigenvalue weighted by Gasteiger charge is -2.22. The van der Waals surface area contributed by atoms with E-state index in [4.69, 9.17) is 21.1 Å². The van der Waals surface area contributed by atoms with Crippen molar-refractivity contribution in [2.75, 3.05) is 26.8 Å². The molecule has 0 aliphatic heterocycles. The maximum Gasteiger partial charge on any atom is 0.115 e. The molecule has 1 unspecified atom stereocenters. The fraction of sp³-hybridized carbons (Fsp3) is 0.480. The number of nitrogens with zero attached hydrogens (tertiary/aromatic N) is 3. The molecule has 0 saturated heterocycles. The van der Waals surface area contributed by atoms with Gasteiger partial charge in [0, 0.05) is 42.2 Å². The highest BCUT2D eigenvalue weighted by atomic mass is 35.5. The quantitative estimate of drug-likeness (QED) is 0.429. The summed E-state index contributed by atoms with van der Waals surface area (Å²) in [6.07, 6.45) is 8.46. The topological polar surface area (TPSA) is 59.8 Å². The summed E-state index contributed by atoms with van der Waals surface area (Å²) in [5.74, 6) is 1.86. The minimum atomic E-state index is -0.587. The van der Waals surface area contributed by atoms with Crippen molar-refractivity contribution < 1.29 is 14.6 Å². The van der Waals surface area contributed by atoms with E-state index in [2.05, 4.69) is 23.2 Å². The van der Waals surface area contributed by atoms with Crippen LogP contribution in [0.4, 0.5) is 0 Å². The summed E-state index contributed by atoms with van der Waals surface area (Å²) < 4.78 is 13.2. The van der Waals surface area contributed by atoms with E-state index < -0.39 is 6.10 Å². The van der Waals surface area contributed by atoms with E-state index in [1.807, 2.05) is 50.7 Å².